The summed E-state index contributed by atoms with van der Waals surface area (Å²) in [6, 6.07) is 20.8. The molecular formula is C38H39F3N6O6S. The number of H-pyrrole nitrogens is 1. The highest BCUT2D eigenvalue weighted by atomic mass is 32.2. The molecule has 3 N–H and O–H groups in total. The topological polar surface area (TPSA) is 163 Å². The molecule has 3 aromatic carbocycles. The summed E-state index contributed by atoms with van der Waals surface area (Å²) in [4.78, 5) is 44.4. The molecule has 5 aromatic rings. The third kappa shape index (κ3) is 10.1. The number of alkyl halides is 3. The molecule has 2 heterocycles. The summed E-state index contributed by atoms with van der Waals surface area (Å²) in [5.41, 5.74) is 3.96. The van der Waals surface area contributed by atoms with E-state index in [0.29, 0.717) is 40.7 Å². The van der Waals surface area contributed by atoms with Gasteiger partial charge in [-0.1, -0.05) is 54.1 Å². The van der Waals surface area contributed by atoms with Gasteiger partial charge in [-0.25, -0.2) is 23.0 Å². The van der Waals surface area contributed by atoms with Crippen LogP contribution in [0.3, 0.4) is 0 Å². The van der Waals surface area contributed by atoms with Crippen molar-refractivity contribution < 1.29 is 40.7 Å². The van der Waals surface area contributed by atoms with E-state index in [1.807, 2.05) is 30.3 Å². The monoisotopic (exact) mass is 764 g/mol. The van der Waals surface area contributed by atoms with Crippen LogP contribution in [-0.4, -0.2) is 78.2 Å². The van der Waals surface area contributed by atoms with Crippen LogP contribution in [0.1, 0.15) is 44.7 Å². The average Bonchev–Trinajstić information content (AvgIpc) is 3.53. The van der Waals surface area contributed by atoms with Crippen molar-refractivity contribution in [3.8, 4) is 0 Å². The SMILES string of the molecule is Cc1cc(C)c(S(=O)(=O)N[C@@H](CN(CCCNc2ccccn2)C(=O)c2ccc3n[nH]c(CCc4ccccc4)c3c2)C(=O)OC(=O)C(F)(F)F)c(C)c1. The first-order valence-electron chi connectivity index (χ1n) is 17.0. The first kappa shape index (κ1) is 39.6. The fourth-order valence-electron chi connectivity index (χ4n) is 6.15. The molecule has 54 heavy (non-hydrogen) atoms. The second-order valence-electron chi connectivity index (χ2n) is 12.8. The van der Waals surface area contributed by atoms with Crippen LogP contribution in [0.15, 0.2) is 90.0 Å². The summed E-state index contributed by atoms with van der Waals surface area (Å²) in [5.74, 6) is -4.77. The second-order valence-corrected chi connectivity index (χ2v) is 14.4. The molecule has 0 saturated heterocycles. The smallest absolute Gasteiger partial charge is 0.385 e. The standard InChI is InChI=1S/C38H39F3N6O6S/c1-24-20-25(2)34(26(3)21-24)54(51,52)46-32(36(49)53-37(50)38(39,40)41)23-47(19-9-18-43-33-12-7-8-17-42-33)35(48)28-14-16-31-29(22-28)30(44-45-31)15-13-27-10-5-4-6-11-27/h4-8,10-12,14,16-17,20-22,32,46H,9,13,15,18-19,23H2,1-3H3,(H,42,43)(H,44,45)/t32-/m0/s1. The Balaban J connectivity index is 1.47. The fourth-order valence-corrected chi connectivity index (χ4v) is 7.78. The van der Waals surface area contributed by atoms with E-state index in [1.54, 1.807) is 55.6 Å². The van der Waals surface area contributed by atoms with Crippen LogP contribution < -0.4 is 10.0 Å². The molecule has 16 heteroatoms. The quantitative estimate of drug-likeness (QED) is 0.0701. The van der Waals surface area contributed by atoms with Gasteiger partial charge in [0.15, 0.2) is 0 Å². The number of carbonyl (C=O) groups excluding carboxylic acids is 3. The van der Waals surface area contributed by atoms with Crippen molar-refractivity contribution in [3.63, 3.8) is 0 Å². The van der Waals surface area contributed by atoms with E-state index in [4.69, 9.17) is 0 Å². The minimum atomic E-state index is -5.55. The predicted octanol–water partition coefficient (Wildman–Crippen LogP) is 5.59. The van der Waals surface area contributed by atoms with Crippen molar-refractivity contribution in [2.45, 2.75) is 57.1 Å². The van der Waals surface area contributed by atoms with Crippen LogP contribution in [0.25, 0.3) is 10.9 Å². The second kappa shape index (κ2) is 17.0. The number of halogens is 3. The maximum Gasteiger partial charge on any atom is 0.491 e. The minimum Gasteiger partial charge on any atom is -0.385 e. The van der Waals surface area contributed by atoms with Gasteiger partial charge in [-0.2, -0.15) is 23.0 Å². The highest BCUT2D eigenvalue weighted by Gasteiger charge is 2.44. The number of anilines is 1. The van der Waals surface area contributed by atoms with Crippen LogP contribution in [0.4, 0.5) is 19.0 Å². The van der Waals surface area contributed by atoms with Crippen molar-refractivity contribution in [2.24, 2.45) is 0 Å². The third-order valence-corrected chi connectivity index (χ3v) is 10.3. The largest absolute Gasteiger partial charge is 0.491 e. The number of aromatic amines is 1. The molecule has 0 bridgehead atoms. The summed E-state index contributed by atoms with van der Waals surface area (Å²) in [6.07, 6.45) is -2.47. The van der Waals surface area contributed by atoms with Gasteiger partial charge in [0.25, 0.3) is 5.91 Å². The Morgan fingerprint density at radius 1 is 0.926 bits per heavy atom. The van der Waals surface area contributed by atoms with Gasteiger partial charge >= 0.3 is 18.1 Å². The molecule has 5 rings (SSSR count). The molecule has 0 radical (unpaired) electrons. The number of hydrogen-bond acceptors (Lipinski definition) is 9. The fraction of sp³-hybridized carbons (Fsp3) is 0.289. The molecule has 0 aliphatic rings. The summed E-state index contributed by atoms with van der Waals surface area (Å²) in [7, 11) is -4.62. The number of aryl methyl sites for hydroxylation is 5. The summed E-state index contributed by atoms with van der Waals surface area (Å²) >= 11 is 0. The number of fused-ring (bicyclic) bond motifs is 1. The molecule has 1 amide bonds. The Kier molecular flexibility index (Phi) is 12.5. The van der Waals surface area contributed by atoms with Crippen LogP contribution in [-0.2, 0) is 37.2 Å². The third-order valence-electron chi connectivity index (χ3n) is 8.53. The molecule has 0 spiro atoms. The number of nitrogens with one attached hydrogen (secondary N) is 3. The van der Waals surface area contributed by atoms with E-state index in [0.717, 1.165) is 21.7 Å². The summed E-state index contributed by atoms with van der Waals surface area (Å²) in [6.45, 7) is 4.22. The molecule has 0 unspecified atom stereocenters. The van der Waals surface area contributed by atoms with Crippen LogP contribution >= 0.6 is 0 Å². The Morgan fingerprint density at radius 3 is 2.30 bits per heavy atom. The average molecular weight is 765 g/mol. The van der Waals surface area contributed by atoms with E-state index < -0.39 is 46.6 Å². The zero-order valence-electron chi connectivity index (χ0n) is 29.7. The molecule has 0 fully saturated rings. The Bertz CT molecular complexity index is 2210. The highest BCUT2D eigenvalue weighted by molar-refractivity contribution is 7.89. The summed E-state index contributed by atoms with van der Waals surface area (Å²) < 4.78 is 73.5. The number of rotatable bonds is 15. The lowest BCUT2D eigenvalue weighted by molar-refractivity contribution is -0.202. The zero-order chi connectivity index (χ0) is 39.0. The van der Waals surface area contributed by atoms with E-state index in [1.165, 1.54) is 19.9 Å². The van der Waals surface area contributed by atoms with Crippen molar-refractivity contribution in [3.05, 3.63) is 119 Å². The van der Waals surface area contributed by atoms with Gasteiger partial charge in [-0.3, -0.25) is 9.89 Å². The molecule has 0 aliphatic carbocycles. The maximum atomic E-state index is 14.3. The predicted molar refractivity (Wildman–Crippen MR) is 195 cm³/mol. The van der Waals surface area contributed by atoms with Crippen LogP contribution in [0.5, 0.6) is 0 Å². The van der Waals surface area contributed by atoms with E-state index in [-0.39, 0.29) is 30.0 Å². The van der Waals surface area contributed by atoms with Gasteiger partial charge in [0.2, 0.25) is 10.0 Å². The molecular weight excluding hydrogens is 726 g/mol. The first-order chi connectivity index (χ1) is 25.6. The lowest BCUT2D eigenvalue weighted by Gasteiger charge is -2.28. The maximum absolute atomic E-state index is 14.3. The van der Waals surface area contributed by atoms with Gasteiger partial charge in [-0.05, 0) is 87.1 Å². The number of aromatic nitrogens is 3. The van der Waals surface area contributed by atoms with Gasteiger partial charge in [0.1, 0.15) is 11.9 Å². The number of benzene rings is 3. The van der Waals surface area contributed by atoms with Crippen molar-refractivity contribution in [2.75, 3.05) is 25.0 Å². The van der Waals surface area contributed by atoms with Gasteiger partial charge in [-0.15, -0.1) is 0 Å². The summed E-state index contributed by atoms with van der Waals surface area (Å²) in [5, 5.41) is 11.1. The van der Waals surface area contributed by atoms with E-state index in [9.17, 15) is 36.0 Å². The van der Waals surface area contributed by atoms with Gasteiger partial charge < -0.3 is 15.0 Å². The molecule has 1 atom stereocenters. The Morgan fingerprint density at radius 2 is 1.63 bits per heavy atom. The molecule has 0 aliphatic heterocycles. The number of carbonyl (C=O) groups is 3. The molecule has 0 saturated carbocycles. The van der Waals surface area contributed by atoms with Crippen molar-refractivity contribution >= 4 is 44.6 Å². The lowest BCUT2D eigenvalue weighted by atomic mass is 10.0. The number of ether oxygens (including phenoxy) is 1. The molecule has 284 valence electrons. The number of sulfonamides is 1. The van der Waals surface area contributed by atoms with Gasteiger partial charge in [0.05, 0.1) is 10.4 Å². The van der Waals surface area contributed by atoms with Crippen molar-refractivity contribution in [1.82, 2.24) is 24.8 Å². The highest BCUT2D eigenvalue weighted by Crippen LogP contribution is 2.24. The van der Waals surface area contributed by atoms with E-state index in [2.05, 4.69) is 30.0 Å². The number of nitrogens with zero attached hydrogens (tertiary/aromatic N) is 3. The van der Waals surface area contributed by atoms with Crippen LogP contribution in [0.2, 0.25) is 0 Å². The van der Waals surface area contributed by atoms with E-state index >= 15 is 0 Å². The first-order valence-corrected chi connectivity index (χ1v) is 18.5. The molecule has 2 aromatic heterocycles. The number of pyridine rings is 1. The Hall–Kier alpha value is -5.61. The number of esters is 2. The normalized spacial score (nSPS) is 12.3. The molecule has 12 nitrogen and oxygen atoms in total. The Labute approximate surface area is 310 Å². The minimum absolute atomic E-state index is 0.0930. The lowest BCUT2D eigenvalue weighted by Crippen LogP contribution is -2.52. The zero-order valence-corrected chi connectivity index (χ0v) is 30.6. The number of amides is 1. The van der Waals surface area contributed by atoms with Gasteiger partial charge in [0, 0.05) is 42.5 Å². The van der Waals surface area contributed by atoms with Crippen molar-refractivity contribution in [1.29, 1.82) is 0 Å². The van der Waals surface area contributed by atoms with Crippen LogP contribution in [0, 0.1) is 20.8 Å². The number of hydrogen-bond donors (Lipinski definition) is 3.